The zero-order valence-electron chi connectivity index (χ0n) is 16.5. The average molecular weight is 435 g/mol. The Morgan fingerprint density at radius 3 is 2.53 bits per heavy atom. The highest BCUT2D eigenvalue weighted by Gasteiger charge is 2.35. The normalized spacial score (nSPS) is 16.5. The quantitative estimate of drug-likeness (QED) is 0.720. The van der Waals surface area contributed by atoms with Gasteiger partial charge in [-0.25, -0.2) is 22.7 Å². The van der Waals surface area contributed by atoms with Gasteiger partial charge in [-0.1, -0.05) is 29.8 Å². The molecule has 2 amide bonds. The summed E-state index contributed by atoms with van der Waals surface area (Å²) < 4.78 is 44.2. The Hall–Kier alpha value is -2.98. The molecular weight excluding hydrogens is 413 g/mol. The number of amides is 2. The number of carbonyl (C=O) groups excluding carboxylic acids is 2. The molecule has 2 aromatic carbocycles. The van der Waals surface area contributed by atoms with E-state index >= 15 is 4.39 Å². The highest BCUT2D eigenvalue weighted by molar-refractivity contribution is 7.88. The molecule has 0 aromatic heterocycles. The Bertz CT molecular complexity index is 1090. The van der Waals surface area contributed by atoms with E-state index in [0.29, 0.717) is 5.56 Å². The predicted molar refractivity (Wildman–Crippen MR) is 110 cm³/mol. The van der Waals surface area contributed by atoms with E-state index in [0.717, 1.165) is 10.5 Å². The van der Waals surface area contributed by atoms with Crippen LogP contribution in [0.5, 0.6) is 0 Å². The highest BCUT2D eigenvalue weighted by Crippen LogP contribution is 2.34. The number of hydrogen-bond acceptors (Lipinski definition) is 5. The molecule has 2 aromatic rings. The monoisotopic (exact) mass is 435 g/mol. The number of nitrogens with two attached hydrogens (primary N) is 1. The van der Waals surface area contributed by atoms with E-state index in [1.165, 1.54) is 19.1 Å². The molecule has 160 valence electrons. The second kappa shape index (κ2) is 8.41. The number of ether oxygens (including phenoxy) is 1. The molecular formula is C20H22FN3O5S. The maximum absolute atomic E-state index is 15.4. The van der Waals surface area contributed by atoms with Gasteiger partial charge >= 0.3 is 6.09 Å². The van der Waals surface area contributed by atoms with Crippen LogP contribution in [0, 0.1) is 12.7 Å². The number of carbonyl (C=O) groups is 2. The second-order valence-corrected chi connectivity index (χ2v) is 8.77. The lowest BCUT2D eigenvalue weighted by Gasteiger charge is -2.20. The number of halogens is 1. The van der Waals surface area contributed by atoms with Crippen LogP contribution in [0.25, 0.3) is 11.1 Å². The lowest BCUT2D eigenvalue weighted by molar-refractivity contribution is -0.119. The topological polar surface area (TPSA) is 119 Å². The molecule has 0 saturated carbocycles. The maximum atomic E-state index is 15.4. The summed E-state index contributed by atoms with van der Waals surface area (Å²) in [6.07, 6.45) is -1.41. The van der Waals surface area contributed by atoms with Gasteiger partial charge < -0.3 is 10.1 Å². The van der Waals surface area contributed by atoms with E-state index in [1.807, 2.05) is 19.1 Å². The van der Waals surface area contributed by atoms with E-state index in [2.05, 4.69) is 5.32 Å². The second-order valence-electron chi connectivity index (χ2n) is 7.15. The molecule has 30 heavy (non-hydrogen) atoms. The fourth-order valence-electron chi connectivity index (χ4n) is 3.24. The van der Waals surface area contributed by atoms with Crippen LogP contribution < -0.4 is 15.4 Å². The van der Waals surface area contributed by atoms with Crippen molar-refractivity contribution in [1.82, 2.24) is 5.32 Å². The third kappa shape index (κ3) is 4.95. The van der Waals surface area contributed by atoms with Crippen LogP contribution in [-0.2, 0) is 25.3 Å². The van der Waals surface area contributed by atoms with Crippen molar-refractivity contribution in [2.24, 2.45) is 5.14 Å². The van der Waals surface area contributed by atoms with Crippen LogP contribution in [0.1, 0.15) is 18.1 Å². The van der Waals surface area contributed by atoms with Gasteiger partial charge in [-0.3, -0.25) is 9.69 Å². The van der Waals surface area contributed by atoms with Crippen molar-refractivity contribution < 1.29 is 27.1 Å². The van der Waals surface area contributed by atoms with Crippen molar-refractivity contribution in [3.8, 4) is 11.1 Å². The first-order valence-electron chi connectivity index (χ1n) is 9.16. The number of nitrogens with zero attached hydrogens (tertiary/aromatic N) is 1. The smallest absolute Gasteiger partial charge is 0.414 e. The third-order valence-electron chi connectivity index (χ3n) is 4.67. The minimum atomic E-state index is -4.09. The van der Waals surface area contributed by atoms with E-state index in [9.17, 15) is 18.0 Å². The highest BCUT2D eigenvalue weighted by atomic mass is 32.2. The summed E-state index contributed by atoms with van der Waals surface area (Å²) in [6.45, 7) is 3.34. The standard InChI is InChI=1S/C20H22FN3O5S/c1-12-3-5-14(6-4-12)16-7-8-18(17(19(16)21)11-30(22,27)28)24-10-15(29-20(24)26)9-23-13(2)25/h3-8,15H,9-11H2,1-2H3,(H,23,25)(H2,22,27,28). The minimum Gasteiger partial charge on any atom is -0.442 e. The van der Waals surface area contributed by atoms with E-state index in [-0.39, 0.29) is 35.8 Å². The van der Waals surface area contributed by atoms with E-state index in [1.54, 1.807) is 12.1 Å². The van der Waals surface area contributed by atoms with Crippen LogP contribution in [0.2, 0.25) is 0 Å². The Morgan fingerprint density at radius 2 is 1.93 bits per heavy atom. The van der Waals surface area contributed by atoms with Crippen LogP contribution in [0.4, 0.5) is 14.9 Å². The van der Waals surface area contributed by atoms with Gasteiger partial charge in [-0.15, -0.1) is 0 Å². The Labute approximate surface area is 173 Å². The first-order valence-corrected chi connectivity index (χ1v) is 10.9. The summed E-state index contributed by atoms with van der Waals surface area (Å²) in [6, 6.07) is 10.0. The molecule has 1 saturated heterocycles. The lowest BCUT2D eigenvalue weighted by Crippen LogP contribution is -2.33. The first-order chi connectivity index (χ1) is 14.0. The van der Waals surface area contributed by atoms with Crippen molar-refractivity contribution in [2.45, 2.75) is 25.7 Å². The number of anilines is 1. The molecule has 1 unspecified atom stereocenters. The first kappa shape index (κ1) is 21.7. The number of hydrogen-bond donors (Lipinski definition) is 2. The third-order valence-corrected chi connectivity index (χ3v) is 5.36. The molecule has 8 nitrogen and oxygen atoms in total. The van der Waals surface area contributed by atoms with E-state index in [4.69, 9.17) is 9.88 Å². The summed E-state index contributed by atoms with van der Waals surface area (Å²) in [5.74, 6) is -1.84. The summed E-state index contributed by atoms with van der Waals surface area (Å²) >= 11 is 0. The van der Waals surface area contributed by atoms with Crippen molar-refractivity contribution in [3.05, 3.63) is 53.3 Å². The zero-order valence-corrected chi connectivity index (χ0v) is 17.3. The van der Waals surface area contributed by atoms with Gasteiger partial charge in [0.1, 0.15) is 11.9 Å². The molecule has 10 heteroatoms. The largest absolute Gasteiger partial charge is 0.442 e. The number of cyclic esters (lactones) is 1. The van der Waals surface area contributed by atoms with Crippen molar-refractivity contribution in [2.75, 3.05) is 18.0 Å². The van der Waals surface area contributed by atoms with Crippen molar-refractivity contribution in [3.63, 3.8) is 0 Å². The average Bonchev–Trinajstić information content (AvgIpc) is 3.02. The summed E-state index contributed by atoms with van der Waals surface area (Å²) in [5.41, 5.74) is 1.60. The SMILES string of the molecule is CC(=O)NCC1CN(c2ccc(-c3ccc(C)cc3)c(F)c2CS(N)(=O)=O)C(=O)O1. The molecule has 1 heterocycles. The number of nitrogens with one attached hydrogen (secondary N) is 1. The molecule has 1 atom stereocenters. The van der Waals surface area contributed by atoms with E-state index < -0.39 is 33.8 Å². The van der Waals surface area contributed by atoms with Crippen LogP contribution in [0.15, 0.2) is 36.4 Å². The molecule has 1 aliphatic rings. The summed E-state index contributed by atoms with van der Waals surface area (Å²) in [5, 5.41) is 7.73. The maximum Gasteiger partial charge on any atom is 0.414 e. The van der Waals surface area contributed by atoms with Gasteiger partial charge in [0.2, 0.25) is 15.9 Å². The number of sulfonamides is 1. The van der Waals surface area contributed by atoms with Crippen LogP contribution in [0.3, 0.4) is 0 Å². The van der Waals surface area contributed by atoms with Gasteiger partial charge in [-0.2, -0.15) is 0 Å². The molecule has 0 aliphatic carbocycles. The number of aryl methyl sites for hydroxylation is 1. The van der Waals surface area contributed by atoms with Gasteiger partial charge in [0.15, 0.2) is 0 Å². The van der Waals surface area contributed by atoms with Crippen LogP contribution >= 0.6 is 0 Å². The van der Waals surface area contributed by atoms with Crippen molar-refractivity contribution in [1.29, 1.82) is 0 Å². The Balaban J connectivity index is 2.02. The molecule has 1 aliphatic heterocycles. The fraction of sp³-hybridized carbons (Fsp3) is 0.300. The molecule has 3 rings (SSSR count). The Morgan fingerprint density at radius 1 is 1.27 bits per heavy atom. The van der Waals surface area contributed by atoms with Gasteiger partial charge in [0.05, 0.1) is 24.5 Å². The molecule has 0 bridgehead atoms. The molecule has 1 fully saturated rings. The van der Waals surface area contributed by atoms with Gasteiger partial charge in [0, 0.05) is 18.1 Å². The molecule has 3 N–H and O–H groups in total. The number of benzene rings is 2. The zero-order chi connectivity index (χ0) is 22.1. The Kier molecular flexibility index (Phi) is 6.09. The van der Waals surface area contributed by atoms with Crippen LogP contribution in [-0.4, -0.2) is 39.6 Å². The number of rotatable bonds is 6. The molecule has 0 radical (unpaired) electrons. The lowest BCUT2D eigenvalue weighted by atomic mass is 10.00. The summed E-state index contributed by atoms with van der Waals surface area (Å²) in [7, 11) is -4.09. The number of primary sulfonamides is 1. The predicted octanol–water partition coefficient (Wildman–Crippen LogP) is 2.05. The minimum absolute atomic E-state index is 0.0278. The molecule has 0 spiro atoms. The summed E-state index contributed by atoms with van der Waals surface area (Å²) in [4.78, 5) is 24.6. The fourth-order valence-corrected chi connectivity index (χ4v) is 3.92. The van der Waals surface area contributed by atoms with Crippen molar-refractivity contribution >= 4 is 27.7 Å². The van der Waals surface area contributed by atoms with Gasteiger partial charge in [0.25, 0.3) is 0 Å². The van der Waals surface area contributed by atoms with Gasteiger partial charge in [-0.05, 0) is 24.6 Å².